The number of nitrogens with zero attached hydrogens (tertiary/aromatic N) is 4. The van der Waals surface area contributed by atoms with Crippen molar-refractivity contribution in [2.45, 2.75) is 25.9 Å². The zero-order valence-electron chi connectivity index (χ0n) is 19.3. The van der Waals surface area contributed by atoms with Gasteiger partial charge in [-0.05, 0) is 74.1 Å². The number of thiocarbonyl (C=S) groups is 1. The normalized spacial score (nSPS) is 18.0. The Morgan fingerprint density at radius 3 is 2.49 bits per heavy atom. The molecule has 1 fully saturated rings. The molecule has 0 aliphatic carbocycles. The van der Waals surface area contributed by atoms with E-state index in [9.17, 15) is 8.42 Å². The predicted octanol–water partition coefficient (Wildman–Crippen LogP) is 4.49. The minimum atomic E-state index is -3.37. The highest BCUT2D eigenvalue weighted by atomic mass is 32.2. The number of hydrogen-bond donors (Lipinski definition) is 2. The van der Waals surface area contributed by atoms with Gasteiger partial charge in [-0.25, -0.2) is 13.4 Å². The van der Waals surface area contributed by atoms with Crippen LogP contribution in [0.4, 0.5) is 11.4 Å². The van der Waals surface area contributed by atoms with Crippen molar-refractivity contribution in [1.29, 1.82) is 0 Å². The predicted molar refractivity (Wildman–Crippen MR) is 144 cm³/mol. The molecule has 11 heteroatoms. The van der Waals surface area contributed by atoms with E-state index in [0.29, 0.717) is 10.8 Å². The summed E-state index contributed by atoms with van der Waals surface area (Å²) in [4.78, 5) is 11.2. The molecule has 1 aromatic carbocycles. The first-order valence-electron chi connectivity index (χ1n) is 10.9. The number of thiazole rings is 1. The fraction of sp³-hybridized carbons (Fsp3) is 0.208. The molecule has 8 nitrogen and oxygen atoms in total. The van der Waals surface area contributed by atoms with Crippen molar-refractivity contribution in [1.82, 2.24) is 19.9 Å². The van der Waals surface area contributed by atoms with Gasteiger partial charge in [0.15, 0.2) is 10.2 Å². The maximum absolute atomic E-state index is 11.6. The van der Waals surface area contributed by atoms with Crippen LogP contribution in [0.3, 0.4) is 0 Å². The van der Waals surface area contributed by atoms with E-state index in [-0.39, 0.29) is 12.1 Å². The molecule has 2 N–H and O–H groups in total. The average Bonchev–Trinajstić information content (AvgIpc) is 3.52. The van der Waals surface area contributed by atoms with Gasteiger partial charge in [0.1, 0.15) is 0 Å². The maximum Gasteiger partial charge on any atom is 0.229 e. The fourth-order valence-corrected chi connectivity index (χ4v) is 6.22. The molecule has 4 aromatic rings. The van der Waals surface area contributed by atoms with Gasteiger partial charge in [-0.1, -0.05) is 6.07 Å². The largest absolute Gasteiger partial charge is 0.351 e. The van der Waals surface area contributed by atoms with Crippen molar-refractivity contribution in [2.24, 2.45) is 0 Å². The van der Waals surface area contributed by atoms with Gasteiger partial charge in [-0.2, -0.15) is 0 Å². The van der Waals surface area contributed by atoms with Crippen LogP contribution in [0.5, 0.6) is 0 Å². The van der Waals surface area contributed by atoms with E-state index >= 15 is 0 Å². The fourth-order valence-electron chi connectivity index (χ4n) is 4.56. The Hall–Kier alpha value is -3.28. The van der Waals surface area contributed by atoms with Crippen LogP contribution in [0.2, 0.25) is 0 Å². The molecule has 1 aliphatic heterocycles. The van der Waals surface area contributed by atoms with Crippen LogP contribution in [0.15, 0.2) is 66.3 Å². The number of aromatic nitrogens is 3. The summed E-state index contributed by atoms with van der Waals surface area (Å²) in [7, 11) is -3.37. The summed E-state index contributed by atoms with van der Waals surface area (Å²) in [5, 5.41) is 6.93. The van der Waals surface area contributed by atoms with Crippen molar-refractivity contribution in [2.75, 3.05) is 15.9 Å². The minimum Gasteiger partial charge on any atom is -0.351 e. The lowest BCUT2D eigenvalue weighted by Crippen LogP contribution is -2.29. The molecule has 180 valence electrons. The second kappa shape index (κ2) is 9.06. The molecular formula is C24H24N6O2S3. The summed E-state index contributed by atoms with van der Waals surface area (Å²) in [6.45, 7) is 4.17. The minimum absolute atomic E-state index is 0.175. The number of pyridine rings is 1. The number of benzene rings is 1. The highest BCUT2D eigenvalue weighted by molar-refractivity contribution is 7.92. The van der Waals surface area contributed by atoms with Crippen molar-refractivity contribution in [3.05, 3.63) is 88.9 Å². The van der Waals surface area contributed by atoms with Crippen LogP contribution < -0.4 is 14.9 Å². The second-order valence-electron chi connectivity index (χ2n) is 8.39. The van der Waals surface area contributed by atoms with Gasteiger partial charge in [0.2, 0.25) is 10.0 Å². The molecule has 5 rings (SSSR count). The number of aryl methyl sites for hydroxylation is 1. The third kappa shape index (κ3) is 4.54. The lowest BCUT2D eigenvalue weighted by atomic mass is 9.96. The highest BCUT2D eigenvalue weighted by Crippen LogP contribution is 2.44. The Morgan fingerprint density at radius 2 is 1.86 bits per heavy atom. The first kappa shape index (κ1) is 23.5. The Balaban J connectivity index is 1.62. The lowest BCUT2D eigenvalue weighted by molar-refractivity contribution is 0.565. The van der Waals surface area contributed by atoms with Gasteiger partial charge in [0.25, 0.3) is 0 Å². The van der Waals surface area contributed by atoms with Crippen molar-refractivity contribution >= 4 is 50.1 Å². The first-order chi connectivity index (χ1) is 16.7. The highest BCUT2D eigenvalue weighted by Gasteiger charge is 2.42. The molecule has 1 aliphatic rings. The van der Waals surface area contributed by atoms with Crippen LogP contribution in [0.25, 0.3) is 5.13 Å². The van der Waals surface area contributed by atoms with Gasteiger partial charge in [0.05, 0.1) is 24.0 Å². The zero-order chi connectivity index (χ0) is 24.7. The molecule has 0 spiro atoms. The summed E-state index contributed by atoms with van der Waals surface area (Å²) in [5.41, 5.74) is 5.50. The molecule has 35 heavy (non-hydrogen) atoms. The molecule has 0 unspecified atom stereocenters. The topological polar surface area (TPSA) is 92.2 Å². The Labute approximate surface area is 213 Å². The monoisotopic (exact) mass is 524 g/mol. The number of rotatable bonds is 6. The van der Waals surface area contributed by atoms with Crippen molar-refractivity contribution in [3.63, 3.8) is 0 Å². The smallest absolute Gasteiger partial charge is 0.229 e. The standard InChI is InChI=1S/C24H24N6O2S3/c1-15-14-19(16(2)29(15)24-26-12-13-34-24)22-21(20-6-4-5-11-25-20)27-23(33)30(22)18-9-7-17(8-10-18)28-35(3,31)32/h4-14,21-22,28H,1-3H3,(H,27,33)/t21-,22-/m0/s1. The summed E-state index contributed by atoms with van der Waals surface area (Å²) >= 11 is 7.41. The van der Waals surface area contributed by atoms with E-state index in [0.717, 1.165) is 39.7 Å². The quantitative estimate of drug-likeness (QED) is 0.359. The van der Waals surface area contributed by atoms with Crippen molar-refractivity contribution < 1.29 is 8.42 Å². The van der Waals surface area contributed by atoms with Gasteiger partial charge >= 0.3 is 0 Å². The van der Waals surface area contributed by atoms with E-state index in [1.54, 1.807) is 35.9 Å². The maximum atomic E-state index is 11.6. The Bertz CT molecular complexity index is 1470. The zero-order valence-corrected chi connectivity index (χ0v) is 21.8. The molecule has 0 radical (unpaired) electrons. The molecule has 0 amide bonds. The van der Waals surface area contributed by atoms with E-state index in [1.807, 2.05) is 35.7 Å². The first-order valence-corrected chi connectivity index (χ1v) is 14.1. The molecule has 0 bridgehead atoms. The van der Waals surface area contributed by atoms with Gasteiger partial charge in [-0.3, -0.25) is 14.3 Å². The van der Waals surface area contributed by atoms with E-state index in [2.05, 4.69) is 49.4 Å². The summed E-state index contributed by atoms with van der Waals surface area (Å²) < 4.78 is 27.9. The van der Waals surface area contributed by atoms with E-state index in [4.69, 9.17) is 12.2 Å². The number of nitrogens with one attached hydrogen (secondary N) is 2. The molecule has 3 aromatic heterocycles. The lowest BCUT2D eigenvalue weighted by Gasteiger charge is -2.28. The third-order valence-corrected chi connectivity index (χ3v) is 7.62. The summed E-state index contributed by atoms with van der Waals surface area (Å²) in [5.74, 6) is 0. The summed E-state index contributed by atoms with van der Waals surface area (Å²) in [6, 6.07) is 14.9. The van der Waals surface area contributed by atoms with Crippen LogP contribution >= 0.6 is 23.6 Å². The van der Waals surface area contributed by atoms with Crippen molar-refractivity contribution in [3.8, 4) is 5.13 Å². The second-order valence-corrected chi connectivity index (χ2v) is 11.4. The third-order valence-electron chi connectivity index (χ3n) is 5.95. The Kier molecular flexibility index (Phi) is 6.07. The molecule has 0 saturated carbocycles. The van der Waals surface area contributed by atoms with Crippen LogP contribution in [0, 0.1) is 13.8 Å². The van der Waals surface area contributed by atoms with Crippen LogP contribution in [0.1, 0.15) is 34.7 Å². The van der Waals surface area contributed by atoms with Gasteiger partial charge < -0.3 is 10.2 Å². The average molecular weight is 525 g/mol. The Morgan fingerprint density at radius 1 is 1.09 bits per heavy atom. The summed E-state index contributed by atoms with van der Waals surface area (Å²) in [6.07, 6.45) is 4.72. The SMILES string of the molecule is Cc1cc([C@H]2[C@H](c3ccccn3)NC(=S)N2c2ccc(NS(C)(=O)=O)cc2)c(C)n1-c1nccs1. The van der Waals surface area contributed by atoms with Crippen LogP contribution in [-0.2, 0) is 10.0 Å². The van der Waals surface area contributed by atoms with Gasteiger partial charge in [0, 0.05) is 40.5 Å². The number of hydrogen-bond acceptors (Lipinski definition) is 6. The number of sulfonamides is 1. The molecule has 4 heterocycles. The van der Waals surface area contributed by atoms with Gasteiger partial charge in [-0.15, -0.1) is 11.3 Å². The van der Waals surface area contributed by atoms with E-state index < -0.39 is 10.0 Å². The molecular weight excluding hydrogens is 501 g/mol. The molecule has 2 atom stereocenters. The number of anilines is 2. The van der Waals surface area contributed by atoms with E-state index in [1.165, 1.54) is 0 Å². The van der Waals surface area contributed by atoms with Crippen LogP contribution in [-0.4, -0.2) is 34.3 Å². The molecule has 1 saturated heterocycles.